The zero-order valence-corrected chi connectivity index (χ0v) is 14.8. The molecule has 0 aliphatic rings. The minimum atomic E-state index is -0.502. The van der Waals surface area contributed by atoms with Crippen LogP contribution in [0.5, 0.6) is 0 Å². The van der Waals surface area contributed by atoms with Gasteiger partial charge in [-0.2, -0.15) is 0 Å². The van der Waals surface area contributed by atoms with Crippen molar-refractivity contribution in [2.75, 3.05) is 5.32 Å². The Morgan fingerprint density at radius 1 is 1.22 bits per heavy atom. The number of nitrogens with zero attached hydrogens (tertiary/aromatic N) is 3. The summed E-state index contributed by atoms with van der Waals surface area (Å²) in [5.74, 6) is 0.0567. The number of nitro benzene ring substituents is 1. The summed E-state index contributed by atoms with van der Waals surface area (Å²) in [6.07, 6.45) is 1.63. The van der Waals surface area contributed by atoms with E-state index < -0.39 is 4.92 Å². The van der Waals surface area contributed by atoms with Crippen LogP contribution in [0.25, 0.3) is 22.6 Å². The van der Waals surface area contributed by atoms with Gasteiger partial charge in [-0.15, -0.1) is 10.2 Å². The number of non-ortho nitro benzene ring substituents is 1. The van der Waals surface area contributed by atoms with Crippen LogP contribution in [0, 0.1) is 10.1 Å². The molecule has 1 aromatic heterocycles. The first-order chi connectivity index (χ1) is 12.9. The number of aromatic nitrogens is 2. The molecule has 1 N–H and O–H groups in total. The average molecular weight is 385 g/mol. The van der Waals surface area contributed by atoms with Crippen LogP contribution in [0.1, 0.15) is 18.4 Å². The van der Waals surface area contributed by atoms with Crippen molar-refractivity contribution in [2.45, 2.75) is 6.92 Å². The maximum Gasteiger partial charge on any atom is 0.270 e. The van der Waals surface area contributed by atoms with E-state index in [2.05, 4.69) is 15.5 Å². The Hall–Kier alpha value is -3.52. The monoisotopic (exact) mass is 384 g/mol. The van der Waals surface area contributed by atoms with Gasteiger partial charge in [-0.1, -0.05) is 29.8 Å². The molecule has 0 fully saturated rings. The molecular weight excluding hydrogens is 372 g/mol. The summed E-state index contributed by atoms with van der Waals surface area (Å²) in [7, 11) is 0. The number of carbonyl (C=O) groups excluding carboxylic acids is 1. The molecule has 0 saturated heterocycles. The third kappa shape index (κ3) is 4.56. The largest absolute Gasteiger partial charge is 0.415 e. The molecule has 0 spiro atoms. The fourth-order valence-electron chi connectivity index (χ4n) is 2.26. The summed E-state index contributed by atoms with van der Waals surface area (Å²) in [6.45, 7) is 1.43. The number of rotatable bonds is 5. The minimum Gasteiger partial charge on any atom is -0.415 e. The Kier molecular flexibility index (Phi) is 5.28. The lowest BCUT2D eigenvalue weighted by atomic mass is 10.2. The molecule has 9 heteroatoms. The molecule has 3 rings (SSSR count). The molecule has 3 aromatic rings. The molecule has 2 aromatic carbocycles. The molecule has 27 heavy (non-hydrogen) atoms. The number of nitrogens with one attached hydrogen (secondary N) is 1. The van der Waals surface area contributed by atoms with Crippen molar-refractivity contribution >= 4 is 40.0 Å². The quantitative estimate of drug-likeness (QED) is 0.517. The number of hydrogen-bond donors (Lipinski definition) is 1. The Labute approximate surface area is 158 Å². The highest BCUT2D eigenvalue weighted by molar-refractivity contribution is 6.50. The number of carbonyl (C=O) groups is 1. The van der Waals surface area contributed by atoms with Gasteiger partial charge in [0.05, 0.1) is 4.92 Å². The van der Waals surface area contributed by atoms with Gasteiger partial charge in [0.2, 0.25) is 11.8 Å². The number of anilines is 1. The fraction of sp³-hybridized carbons (Fsp3) is 0.0556. The molecule has 0 saturated carbocycles. The van der Waals surface area contributed by atoms with Crippen molar-refractivity contribution in [3.05, 3.63) is 70.1 Å². The van der Waals surface area contributed by atoms with Crippen LogP contribution in [0.4, 0.5) is 11.4 Å². The lowest BCUT2D eigenvalue weighted by Gasteiger charge is -2.02. The van der Waals surface area contributed by atoms with E-state index in [0.717, 1.165) is 5.56 Å². The lowest BCUT2D eigenvalue weighted by Crippen LogP contribution is -2.05. The van der Waals surface area contributed by atoms with Gasteiger partial charge in [-0.05, 0) is 29.8 Å². The summed E-state index contributed by atoms with van der Waals surface area (Å²) >= 11 is 6.23. The standard InChI is InChI=1S/C18H13ClN4O4/c1-11(24)20-14-7-5-12(6-8-14)9-16(19)18-22-21-17(27-18)13-3-2-4-15(10-13)23(25)26/h2-10H,1H3,(H,20,24)/b16-9-. The van der Waals surface area contributed by atoms with Crippen LogP contribution < -0.4 is 5.32 Å². The van der Waals surface area contributed by atoms with Gasteiger partial charge in [0, 0.05) is 30.3 Å². The number of nitro groups is 1. The van der Waals surface area contributed by atoms with Crippen LogP contribution in [0.15, 0.2) is 52.9 Å². The highest BCUT2D eigenvalue weighted by atomic mass is 35.5. The van der Waals surface area contributed by atoms with Crippen LogP contribution in [0.2, 0.25) is 0 Å². The van der Waals surface area contributed by atoms with Gasteiger partial charge in [-0.25, -0.2) is 0 Å². The molecule has 1 amide bonds. The zero-order chi connectivity index (χ0) is 19.4. The van der Waals surface area contributed by atoms with Gasteiger partial charge in [0.25, 0.3) is 11.6 Å². The third-order valence-electron chi connectivity index (χ3n) is 3.46. The third-order valence-corrected chi connectivity index (χ3v) is 3.73. The molecular formula is C18H13ClN4O4. The summed E-state index contributed by atoms with van der Waals surface area (Å²) in [4.78, 5) is 21.4. The highest BCUT2D eigenvalue weighted by Crippen LogP contribution is 2.27. The SMILES string of the molecule is CC(=O)Nc1ccc(/C=C(\Cl)c2nnc(-c3cccc([N+](=O)[O-])c3)o2)cc1. The van der Waals surface area contributed by atoms with Crippen molar-refractivity contribution in [1.29, 1.82) is 0 Å². The first-order valence-corrected chi connectivity index (χ1v) is 8.14. The Morgan fingerprint density at radius 2 is 1.96 bits per heavy atom. The molecule has 0 bridgehead atoms. The minimum absolute atomic E-state index is 0.0758. The van der Waals surface area contributed by atoms with Crippen LogP contribution in [-0.4, -0.2) is 21.0 Å². The summed E-state index contributed by atoms with van der Waals surface area (Å²) < 4.78 is 5.51. The number of halogens is 1. The van der Waals surface area contributed by atoms with Gasteiger partial charge < -0.3 is 9.73 Å². The van der Waals surface area contributed by atoms with Gasteiger partial charge >= 0.3 is 0 Å². The predicted octanol–water partition coefficient (Wildman–Crippen LogP) is 4.34. The molecule has 0 atom stereocenters. The van der Waals surface area contributed by atoms with Crippen molar-refractivity contribution in [3.63, 3.8) is 0 Å². The Bertz CT molecular complexity index is 1030. The maximum atomic E-state index is 11.0. The van der Waals surface area contributed by atoms with Gasteiger partial charge in [0.15, 0.2) is 0 Å². The fourth-order valence-corrected chi connectivity index (χ4v) is 2.47. The first-order valence-electron chi connectivity index (χ1n) is 7.76. The predicted molar refractivity (Wildman–Crippen MR) is 101 cm³/mol. The molecule has 8 nitrogen and oxygen atoms in total. The summed E-state index contributed by atoms with van der Waals surface area (Å²) in [6, 6.07) is 12.9. The van der Waals surface area contributed by atoms with Crippen molar-refractivity contribution < 1.29 is 14.1 Å². The lowest BCUT2D eigenvalue weighted by molar-refractivity contribution is -0.384. The molecule has 1 heterocycles. The van der Waals surface area contributed by atoms with E-state index in [9.17, 15) is 14.9 Å². The zero-order valence-electron chi connectivity index (χ0n) is 14.0. The average Bonchev–Trinajstić information content (AvgIpc) is 3.13. The first kappa shape index (κ1) is 18.3. The maximum absolute atomic E-state index is 11.0. The van der Waals surface area contributed by atoms with Gasteiger partial charge in [0.1, 0.15) is 5.03 Å². The van der Waals surface area contributed by atoms with Crippen LogP contribution >= 0.6 is 11.6 Å². The van der Waals surface area contributed by atoms with E-state index in [1.807, 2.05) is 0 Å². The van der Waals surface area contributed by atoms with E-state index >= 15 is 0 Å². The Morgan fingerprint density at radius 3 is 2.63 bits per heavy atom. The normalized spacial score (nSPS) is 11.3. The Balaban J connectivity index is 1.81. The summed E-state index contributed by atoms with van der Waals surface area (Å²) in [5.41, 5.74) is 1.78. The van der Waals surface area contributed by atoms with Crippen molar-refractivity contribution in [3.8, 4) is 11.5 Å². The van der Waals surface area contributed by atoms with E-state index in [1.54, 1.807) is 36.4 Å². The summed E-state index contributed by atoms with van der Waals surface area (Å²) in [5, 5.41) is 21.5. The molecule has 0 unspecified atom stereocenters. The molecule has 0 aliphatic heterocycles. The van der Waals surface area contributed by atoms with Crippen molar-refractivity contribution in [1.82, 2.24) is 10.2 Å². The van der Waals surface area contributed by atoms with Crippen LogP contribution in [0.3, 0.4) is 0 Å². The van der Waals surface area contributed by atoms with Crippen molar-refractivity contribution in [2.24, 2.45) is 0 Å². The molecule has 0 aliphatic carbocycles. The second kappa shape index (κ2) is 7.79. The topological polar surface area (TPSA) is 111 Å². The molecule has 0 radical (unpaired) electrons. The smallest absolute Gasteiger partial charge is 0.270 e. The number of amides is 1. The van der Waals surface area contributed by atoms with E-state index in [0.29, 0.717) is 11.3 Å². The van der Waals surface area contributed by atoms with E-state index in [1.165, 1.54) is 25.1 Å². The second-order valence-electron chi connectivity index (χ2n) is 5.52. The highest BCUT2D eigenvalue weighted by Gasteiger charge is 2.14. The van der Waals surface area contributed by atoms with Gasteiger partial charge in [-0.3, -0.25) is 14.9 Å². The van der Waals surface area contributed by atoms with Crippen LogP contribution in [-0.2, 0) is 4.79 Å². The number of benzene rings is 2. The molecule has 136 valence electrons. The number of hydrogen-bond acceptors (Lipinski definition) is 6. The second-order valence-corrected chi connectivity index (χ2v) is 5.92. The van der Waals surface area contributed by atoms with E-state index in [-0.39, 0.29) is 28.4 Å². The van der Waals surface area contributed by atoms with E-state index in [4.69, 9.17) is 16.0 Å².